The van der Waals surface area contributed by atoms with Crippen LogP contribution in [0.25, 0.3) is 31.8 Å². The summed E-state index contributed by atoms with van der Waals surface area (Å²) in [6.07, 6.45) is 0. The van der Waals surface area contributed by atoms with Crippen LogP contribution in [0.15, 0.2) is 83.7 Å². The number of phenols is 2. The molecule has 5 rings (SSSR count). The molecule has 2 aromatic heterocycles. The number of thiophene rings is 1. The van der Waals surface area contributed by atoms with Gasteiger partial charge in [0.25, 0.3) is 5.56 Å². The quantitative estimate of drug-likeness (QED) is 0.295. The number of nitrogens with zero attached hydrogens (tertiary/aromatic N) is 1. The lowest BCUT2D eigenvalue weighted by Gasteiger charge is -2.08. The van der Waals surface area contributed by atoms with Gasteiger partial charge in [-0.05, 0) is 35.4 Å². The minimum absolute atomic E-state index is 0.159. The molecule has 0 saturated carbocycles. The fourth-order valence-electron chi connectivity index (χ4n) is 3.61. The third kappa shape index (κ3) is 3.81. The first-order valence-corrected chi connectivity index (χ1v) is 10.8. The van der Waals surface area contributed by atoms with Crippen LogP contribution in [0.3, 0.4) is 0 Å². The Kier molecular flexibility index (Phi) is 5.09. The van der Waals surface area contributed by atoms with Crippen LogP contribution in [0.2, 0.25) is 0 Å². The van der Waals surface area contributed by atoms with Gasteiger partial charge in [-0.25, -0.2) is 4.98 Å². The van der Waals surface area contributed by atoms with Crippen molar-refractivity contribution in [1.82, 2.24) is 9.97 Å². The number of aromatic hydroxyl groups is 2. The topological polar surface area (TPSA) is 98.2 Å². The van der Waals surface area contributed by atoms with E-state index in [0.717, 1.165) is 27.3 Å². The number of aromatic amines is 1. The number of aromatic nitrogens is 2. The molecule has 0 bridgehead atoms. The molecule has 0 aliphatic rings. The minimum Gasteiger partial charge on any atom is -0.508 e. The van der Waals surface area contributed by atoms with Gasteiger partial charge in [0.2, 0.25) is 0 Å². The summed E-state index contributed by atoms with van der Waals surface area (Å²) in [5.74, 6) is 0.825. The van der Waals surface area contributed by atoms with Crippen molar-refractivity contribution < 1.29 is 10.2 Å². The Morgan fingerprint density at radius 2 is 1.66 bits per heavy atom. The highest BCUT2D eigenvalue weighted by molar-refractivity contribution is 7.22. The van der Waals surface area contributed by atoms with Crippen LogP contribution in [0.1, 0.15) is 5.82 Å². The fourth-order valence-corrected chi connectivity index (χ4v) is 4.77. The first-order valence-electron chi connectivity index (χ1n) is 10.0. The Bertz CT molecular complexity index is 1460. The smallest absolute Gasteiger partial charge is 0.268 e. The normalized spacial score (nSPS) is 11.0. The number of hydrogen-bond donors (Lipinski definition) is 4. The molecule has 7 heteroatoms. The van der Waals surface area contributed by atoms with E-state index in [9.17, 15) is 15.0 Å². The monoisotopic (exact) mass is 441 g/mol. The Labute approximate surface area is 187 Å². The van der Waals surface area contributed by atoms with Gasteiger partial charge in [-0.2, -0.15) is 0 Å². The minimum atomic E-state index is -0.199. The molecule has 158 valence electrons. The van der Waals surface area contributed by atoms with Crippen LogP contribution >= 0.6 is 11.3 Å². The van der Waals surface area contributed by atoms with E-state index >= 15 is 0 Å². The number of benzene rings is 3. The van der Waals surface area contributed by atoms with Gasteiger partial charge >= 0.3 is 0 Å². The summed E-state index contributed by atoms with van der Waals surface area (Å²) >= 11 is 1.41. The fraction of sp³-hybridized carbons (Fsp3) is 0.0400. The molecule has 32 heavy (non-hydrogen) atoms. The number of H-pyrrole nitrogens is 1. The second-order valence-electron chi connectivity index (χ2n) is 7.31. The van der Waals surface area contributed by atoms with Gasteiger partial charge < -0.3 is 20.5 Å². The Hall–Kier alpha value is -4.10. The zero-order chi connectivity index (χ0) is 22.1. The predicted molar refractivity (Wildman–Crippen MR) is 128 cm³/mol. The van der Waals surface area contributed by atoms with Crippen molar-refractivity contribution in [3.8, 4) is 33.1 Å². The average molecular weight is 442 g/mol. The molecule has 0 aliphatic heterocycles. The highest BCUT2D eigenvalue weighted by Gasteiger charge is 2.20. The standard InChI is InChI=1S/C25H19N3O3S/c29-18-11-9-15(10-12-18)21-22-24(32-23(21)16-5-2-1-3-6-16)25(31)28-20(27-22)14-26-17-7-4-8-19(30)13-17/h1-13,26,29-30H,14H2,(H,27,28,31). The summed E-state index contributed by atoms with van der Waals surface area (Å²) in [6, 6.07) is 23.6. The molecular weight excluding hydrogens is 422 g/mol. The van der Waals surface area contributed by atoms with E-state index in [1.165, 1.54) is 11.3 Å². The summed E-state index contributed by atoms with van der Waals surface area (Å²) in [7, 11) is 0. The molecule has 4 N–H and O–H groups in total. The van der Waals surface area contributed by atoms with Gasteiger partial charge in [0, 0.05) is 22.2 Å². The highest BCUT2D eigenvalue weighted by atomic mass is 32.1. The second-order valence-corrected chi connectivity index (χ2v) is 8.33. The lowest BCUT2D eigenvalue weighted by Crippen LogP contribution is -2.13. The molecule has 0 radical (unpaired) electrons. The number of rotatable bonds is 5. The molecule has 5 aromatic rings. The molecule has 0 saturated heterocycles. The summed E-state index contributed by atoms with van der Waals surface area (Å²) in [5.41, 5.74) is 3.88. The van der Waals surface area contributed by atoms with Crippen LogP contribution in [0.5, 0.6) is 11.5 Å². The summed E-state index contributed by atoms with van der Waals surface area (Å²) in [6.45, 7) is 0.292. The lowest BCUT2D eigenvalue weighted by molar-refractivity contribution is 0.475. The third-order valence-corrected chi connectivity index (χ3v) is 6.32. The largest absolute Gasteiger partial charge is 0.508 e. The van der Waals surface area contributed by atoms with E-state index in [0.29, 0.717) is 22.6 Å². The SMILES string of the molecule is O=c1[nH]c(CNc2cccc(O)c2)nc2c(-c3ccc(O)cc3)c(-c3ccccc3)sc12. The summed E-state index contributed by atoms with van der Waals surface area (Å²) in [4.78, 5) is 21.6. The number of fused-ring (bicyclic) bond motifs is 1. The first kappa shape index (κ1) is 19.8. The molecular formula is C25H19N3O3S. The number of hydrogen-bond acceptors (Lipinski definition) is 6. The third-order valence-electron chi connectivity index (χ3n) is 5.09. The highest BCUT2D eigenvalue weighted by Crippen LogP contribution is 2.43. The molecule has 3 aromatic carbocycles. The Morgan fingerprint density at radius 3 is 2.41 bits per heavy atom. The van der Waals surface area contributed by atoms with Crippen molar-refractivity contribution in [1.29, 1.82) is 0 Å². The average Bonchev–Trinajstić information content (AvgIpc) is 3.19. The zero-order valence-electron chi connectivity index (χ0n) is 16.9. The molecule has 6 nitrogen and oxygen atoms in total. The molecule has 0 unspecified atom stereocenters. The van der Waals surface area contributed by atoms with Crippen LogP contribution in [0.4, 0.5) is 5.69 Å². The van der Waals surface area contributed by atoms with Gasteiger partial charge in [0.05, 0.1) is 12.1 Å². The van der Waals surface area contributed by atoms with Crippen LogP contribution in [-0.4, -0.2) is 20.2 Å². The molecule has 0 fully saturated rings. The van der Waals surface area contributed by atoms with Gasteiger partial charge in [-0.3, -0.25) is 4.79 Å². The summed E-state index contributed by atoms with van der Waals surface area (Å²) in [5, 5.41) is 22.6. The van der Waals surface area contributed by atoms with Crippen molar-refractivity contribution in [2.75, 3.05) is 5.32 Å². The van der Waals surface area contributed by atoms with Crippen molar-refractivity contribution in [3.63, 3.8) is 0 Å². The van der Waals surface area contributed by atoms with E-state index in [4.69, 9.17) is 4.98 Å². The van der Waals surface area contributed by atoms with Crippen molar-refractivity contribution >= 4 is 27.2 Å². The van der Waals surface area contributed by atoms with Crippen molar-refractivity contribution in [2.24, 2.45) is 0 Å². The zero-order valence-corrected chi connectivity index (χ0v) is 17.7. The lowest BCUT2D eigenvalue weighted by atomic mass is 10.0. The van der Waals surface area contributed by atoms with Crippen LogP contribution < -0.4 is 10.9 Å². The maximum absolute atomic E-state index is 13.0. The second kappa shape index (κ2) is 8.20. The molecule has 0 amide bonds. The first-order chi connectivity index (χ1) is 15.6. The molecule has 0 aliphatic carbocycles. The van der Waals surface area contributed by atoms with Gasteiger partial charge in [-0.15, -0.1) is 11.3 Å². The van der Waals surface area contributed by atoms with E-state index in [2.05, 4.69) is 10.3 Å². The van der Waals surface area contributed by atoms with Gasteiger partial charge in [-0.1, -0.05) is 48.5 Å². The van der Waals surface area contributed by atoms with Crippen LogP contribution in [-0.2, 0) is 6.54 Å². The van der Waals surface area contributed by atoms with E-state index in [1.807, 2.05) is 48.5 Å². The van der Waals surface area contributed by atoms with E-state index in [-0.39, 0.29) is 17.1 Å². The van der Waals surface area contributed by atoms with E-state index < -0.39 is 0 Å². The maximum atomic E-state index is 13.0. The maximum Gasteiger partial charge on any atom is 0.268 e. The molecule has 0 atom stereocenters. The number of anilines is 1. The van der Waals surface area contributed by atoms with Crippen molar-refractivity contribution in [2.45, 2.75) is 6.54 Å². The number of phenolic OH excluding ortho intramolecular Hbond substituents is 2. The van der Waals surface area contributed by atoms with Crippen LogP contribution in [0, 0.1) is 0 Å². The van der Waals surface area contributed by atoms with Gasteiger partial charge in [0.15, 0.2) is 0 Å². The van der Waals surface area contributed by atoms with E-state index in [1.54, 1.807) is 30.3 Å². The Morgan fingerprint density at radius 1 is 0.875 bits per heavy atom. The predicted octanol–water partition coefficient (Wildman–Crippen LogP) is 5.34. The Balaban J connectivity index is 1.65. The van der Waals surface area contributed by atoms with Gasteiger partial charge in [0.1, 0.15) is 22.0 Å². The molecule has 2 heterocycles. The number of nitrogens with one attached hydrogen (secondary N) is 2. The summed E-state index contributed by atoms with van der Waals surface area (Å²) < 4.78 is 0.549. The van der Waals surface area contributed by atoms with Crippen molar-refractivity contribution in [3.05, 3.63) is 95.0 Å². The molecule has 0 spiro atoms.